The van der Waals surface area contributed by atoms with E-state index in [0.29, 0.717) is 11.3 Å². The van der Waals surface area contributed by atoms with Crippen LogP contribution in [0.1, 0.15) is 16.8 Å². The highest BCUT2D eigenvalue weighted by Crippen LogP contribution is 2.31. The van der Waals surface area contributed by atoms with E-state index in [-0.39, 0.29) is 5.90 Å². The molecule has 1 aliphatic heterocycles. The molecule has 0 atom stereocenters. The Bertz CT molecular complexity index is 1220. The first kappa shape index (κ1) is 15.5. The number of fused-ring (bicyclic) bond motifs is 2. The van der Waals surface area contributed by atoms with Gasteiger partial charge < -0.3 is 5.11 Å². The van der Waals surface area contributed by atoms with Crippen LogP contribution in [0.15, 0.2) is 89.9 Å². The second-order valence-corrected chi connectivity index (χ2v) is 6.47. The van der Waals surface area contributed by atoms with Crippen molar-refractivity contribution in [2.75, 3.05) is 0 Å². The van der Waals surface area contributed by atoms with E-state index in [2.05, 4.69) is 29.3 Å². The van der Waals surface area contributed by atoms with E-state index in [9.17, 15) is 5.11 Å². The third kappa shape index (κ3) is 2.70. The van der Waals surface area contributed by atoms with Crippen LogP contribution in [0.25, 0.3) is 33.8 Å². The van der Waals surface area contributed by atoms with Crippen LogP contribution in [-0.2, 0) is 0 Å². The highest BCUT2D eigenvalue weighted by atomic mass is 16.3. The Hall–Kier alpha value is -3.72. The second kappa shape index (κ2) is 6.22. The first-order valence-electron chi connectivity index (χ1n) is 8.82. The van der Waals surface area contributed by atoms with Crippen LogP contribution in [0.5, 0.6) is 0 Å². The number of aromatic nitrogens is 1. The van der Waals surface area contributed by atoms with Crippen LogP contribution < -0.4 is 5.11 Å². The lowest BCUT2D eigenvalue weighted by atomic mass is 10.0. The van der Waals surface area contributed by atoms with Gasteiger partial charge in [0.1, 0.15) is 0 Å². The Morgan fingerprint density at radius 2 is 1.41 bits per heavy atom. The van der Waals surface area contributed by atoms with Crippen molar-refractivity contribution in [3.63, 3.8) is 0 Å². The lowest BCUT2D eigenvalue weighted by molar-refractivity contribution is -0.212. The molecular weight excluding hydrogens is 332 g/mol. The topological polar surface area (TPSA) is 48.3 Å². The monoisotopic (exact) mass is 347 g/mol. The van der Waals surface area contributed by atoms with Gasteiger partial charge in [0.2, 0.25) is 0 Å². The Labute approximate surface area is 157 Å². The molecule has 128 valence electrons. The van der Waals surface area contributed by atoms with Crippen LogP contribution in [0.4, 0.5) is 0 Å². The number of pyridine rings is 1. The molecule has 0 fully saturated rings. The van der Waals surface area contributed by atoms with E-state index in [1.54, 1.807) is 0 Å². The molecule has 4 aromatic rings. The van der Waals surface area contributed by atoms with Crippen LogP contribution in [0.3, 0.4) is 0 Å². The van der Waals surface area contributed by atoms with Crippen molar-refractivity contribution in [2.24, 2.45) is 4.99 Å². The molecule has 0 saturated heterocycles. The zero-order valence-electron chi connectivity index (χ0n) is 14.5. The van der Waals surface area contributed by atoms with E-state index < -0.39 is 0 Å². The molecule has 0 saturated carbocycles. The lowest BCUT2D eigenvalue weighted by Gasteiger charge is -2.07. The number of hydrogen-bond donors (Lipinski definition) is 0. The standard InChI is InChI=1S/C24H16N2O/c27-24-21-10-5-4-9-19(21)23(26-24)15-17-13-14-20-18(11-6-12-22(20)25-17)16-7-2-1-3-8-16/h1-15H,(H,26,27)/p-1/b23-15-. The molecule has 3 nitrogen and oxygen atoms in total. The zero-order chi connectivity index (χ0) is 18.2. The maximum absolute atomic E-state index is 12.1. The summed E-state index contributed by atoms with van der Waals surface area (Å²) in [7, 11) is 0. The SMILES string of the molecule is [O-]C1=N/C(=C\c2ccc3c(-c4ccccc4)cccc3n2)c2ccccc21. The molecule has 0 radical (unpaired) electrons. The minimum Gasteiger partial charge on any atom is -0.858 e. The van der Waals surface area contributed by atoms with E-state index in [1.165, 1.54) is 5.56 Å². The van der Waals surface area contributed by atoms with Gasteiger partial charge in [-0.2, -0.15) is 0 Å². The quantitative estimate of drug-likeness (QED) is 0.535. The van der Waals surface area contributed by atoms with Gasteiger partial charge in [0.25, 0.3) is 0 Å². The molecule has 1 aromatic heterocycles. The van der Waals surface area contributed by atoms with Crippen LogP contribution in [0.2, 0.25) is 0 Å². The van der Waals surface area contributed by atoms with Crippen molar-refractivity contribution in [1.82, 2.24) is 4.98 Å². The normalized spacial score (nSPS) is 14.4. The fourth-order valence-corrected chi connectivity index (χ4v) is 3.49. The van der Waals surface area contributed by atoms with Gasteiger partial charge in [0.05, 0.1) is 16.9 Å². The summed E-state index contributed by atoms with van der Waals surface area (Å²) in [6.45, 7) is 0. The average molecular weight is 347 g/mol. The number of rotatable bonds is 2. The van der Waals surface area contributed by atoms with Crippen LogP contribution >= 0.6 is 0 Å². The molecular formula is C24H15N2O-. The molecule has 0 N–H and O–H groups in total. The van der Waals surface area contributed by atoms with Crippen LogP contribution in [-0.4, -0.2) is 10.9 Å². The Balaban J connectivity index is 1.61. The summed E-state index contributed by atoms with van der Waals surface area (Å²) in [6, 6.07) is 28.0. The minimum atomic E-state index is -0.191. The van der Waals surface area contributed by atoms with E-state index in [4.69, 9.17) is 4.98 Å². The van der Waals surface area contributed by atoms with Crippen molar-refractivity contribution in [1.29, 1.82) is 0 Å². The Morgan fingerprint density at radius 1 is 0.667 bits per heavy atom. The molecule has 27 heavy (non-hydrogen) atoms. The summed E-state index contributed by atoms with van der Waals surface area (Å²) in [5.74, 6) is -0.191. The number of nitrogens with zero attached hydrogens (tertiary/aromatic N) is 2. The van der Waals surface area contributed by atoms with Gasteiger partial charge in [-0.3, -0.25) is 4.99 Å². The molecule has 0 unspecified atom stereocenters. The molecule has 3 heteroatoms. The summed E-state index contributed by atoms with van der Waals surface area (Å²) in [5, 5.41) is 13.2. The van der Waals surface area contributed by atoms with Crippen molar-refractivity contribution < 1.29 is 5.11 Å². The van der Waals surface area contributed by atoms with Crippen molar-refractivity contribution in [3.8, 4) is 11.1 Å². The third-order valence-electron chi connectivity index (χ3n) is 4.78. The minimum absolute atomic E-state index is 0.191. The number of hydrogen-bond acceptors (Lipinski definition) is 3. The highest BCUT2D eigenvalue weighted by Gasteiger charge is 2.14. The highest BCUT2D eigenvalue weighted by molar-refractivity contribution is 6.07. The molecule has 0 amide bonds. The lowest BCUT2D eigenvalue weighted by Crippen LogP contribution is -2.15. The predicted molar refractivity (Wildman–Crippen MR) is 108 cm³/mol. The van der Waals surface area contributed by atoms with E-state index >= 15 is 0 Å². The molecule has 3 aromatic carbocycles. The summed E-state index contributed by atoms with van der Waals surface area (Å²) in [4.78, 5) is 8.95. The van der Waals surface area contributed by atoms with E-state index in [1.807, 2.05) is 66.7 Å². The molecule has 0 bridgehead atoms. The van der Waals surface area contributed by atoms with Crippen molar-refractivity contribution in [2.45, 2.75) is 0 Å². The van der Waals surface area contributed by atoms with Gasteiger partial charge in [-0.15, -0.1) is 0 Å². The first-order valence-corrected chi connectivity index (χ1v) is 8.82. The second-order valence-electron chi connectivity index (χ2n) is 6.47. The maximum atomic E-state index is 12.1. The average Bonchev–Trinajstić information content (AvgIpc) is 3.04. The van der Waals surface area contributed by atoms with E-state index in [0.717, 1.165) is 27.7 Å². The fraction of sp³-hybridized carbons (Fsp3) is 0. The van der Waals surface area contributed by atoms with Gasteiger partial charge >= 0.3 is 0 Å². The fourth-order valence-electron chi connectivity index (χ4n) is 3.49. The third-order valence-corrected chi connectivity index (χ3v) is 4.78. The van der Waals surface area contributed by atoms with Crippen LogP contribution in [0, 0.1) is 0 Å². The summed E-state index contributed by atoms with van der Waals surface area (Å²) in [5.41, 5.74) is 6.21. The summed E-state index contributed by atoms with van der Waals surface area (Å²) >= 11 is 0. The molecule has 1 aliphatic rings. The smallest absolute Gasteiger partial charge is 0.0722 e. The number of aliphatic imine (C=N–C) groups is 1. The molecule has 2 heterocycles. The number of benzene rings is 3. The maximum Gasteiger partial charge on any atom is 0.0722 e. The van der Waals surface area contributed by atoms with Crippen molar-refractivity contribution >= 4 is 28.6 Å². The summed E-state index contributed by atoms with van der Waals surface area (Å²) in [6.07, 6.45) is 1.87. The Morgan fingerprint density at radius 3 is 2.26 bits per heavy atom. The predicted octanol–water partition coefficient (Wildman–Crippen LogP) is 4.52. The zero-order valence-corrected chi connectivity index (χ0v) is 14.5. The van der Waals surface area contributed by atoms with Gasteiger partial charge in [-0.25, -0.2) is 4.98 Å². The molecule has 0 aliphatic carbocycles. The summed E-state index contributed by atoms with van der Waals surface area (Å²) < 4.78 is 0. The first-order chi connectivity index (χ1) is 13.3. The Kier molecular flexibility index (Phi) is 3.58. The van der Waals surface area contributed by atoms with Gasteiger partial charge in [-0.1, -0.05) is 72.8 Å². The largest absolute Gasteiger partial charge is 0.858 e. The van der Waals surface area contributed by atoms with Gasteiger partial charge in [0.15, 0.2) is 0 Å². The van der Waals surface area contributed by atoms with Gasteiger partial charge in [0, 0.05) is 10.9 Å². The molecule has 5 rings (SSSR count). The molecule has 0 spiro atoms. The van der Waals surface area contributed by atoms with Gasteiger partial charge in [-0.05, 0) is 40.8 Å². The van der Waals surface area contributed by atoms with Crippen molar-refractivity contribution in [3.05, 3.63) is 102 Å².